The third-order valence-electron chi connectivity index (χ3n) is 11.2. The number of thiazole rings is 2. The Morgan fingerprint density at radius 1 is 0.769 bits per heavy atom. The zero-order chi connectivity index (χ0) is 46.4. The number of benzene rings is 2. The molecule has 3 amide bonds. The molecule has 0 spiro atoms. The third kappa shape index (κ3) is 12.8. The smallest absolute Gasteiger partial charge is 0.410 e. The van der Waals surface area contributed by atoms with Crippen molar-refractivity contribution in [3.05, 3.63) is 66.2 Å². The lowest BCUT2D eigenvalue weighted by Gasteiger charge is -2.30. The second kappa shape index (κ2) is 22.2. The Morgan fingerprint density at radius 3 is 1.78 bits per heavy atom. The summed E-state index contributed by atoms with van der Waals surface area (Å²) in [4.78, 5) is 52.1. The van der Waals surface area contributed by atoms with E-state index in [1.54, 1.807) is 38.9 Å². The molecule has 0 radical (unpaired) electrons. The Balaban J connectivity index is 0.000000198. The maximum Gasteiger partial charge on any atom is 0.410 e. The minimum absolute atomic E-state index is 0.0292. The fourth-order valence-corrected chi connectivity index (χ4v) is 12.8. The van der Waals surface area contributed by atoms with Crippen LogP contribution in [0, 0.1) is 0 Å². The van der Waals surface area contributed by atoms with Gasteiger partial charge in [0, 0.05) is 80.9 Å². The second-order valence-corrected chi connectivity index (χ2v) is 23.5. The standard InChI is InChI=1S/C26H33BrN4O3S2.C21H25BrN4OS2/c1-6-15(2)28-11-9-21(32)30-24-22(23-29-18-13-16(27)7-8-19(18)35-23)17-10-12-31(14-20(17)36-24)25(33)34-26(3,4)5;1-3-12(2)24-9-7-18(27)26-21-19(14-6-8-23-11-17(14)29-21)20-25-15-10-13(22)4-5-16(15)28-20/h7-8,13,15,28H,6,9-12,14H2,1-5H3,(H,30,32);4-5,10,12,23-24H,3,6-9,11H2,1-2H3,(H,26,27). The summed E-state index contributed by atoms with van der Waals surface area (Å²) in [5.41, 5.74) is 5.96. The van der Waals surface area contributed by atoms with Crippen LogP contribution in [0.3, 0.4) is 0 Å². The van der Waals surface area contributed by atoms with Crippen LogP contribution in [0.4, 0.5) is 14.8 Å². The van der Waals surface area contributed by atoms with Gasteiger partial charge >= 0.3 is 6.09 Å². The first-order chi connectivity index (χ1) is 31.1. The number of ether oxygens (including phenoxy) is 1. The molecule has 2 unspecified atom stereocenters. The lowest BCUT2D eigenvalue weighted by atomic mass is 10.0. The van der Waals surface area contributed by atoms with Crippen molar-refractivity contribution < 1.29 is 19.1 Å². The van der Waals surface area contributed by atoms with E-state index in [0.29, 0.717) is 57.5 Å². The first-order valence-corrected chi connectivity index (χ1v) is 27.1. The maximum absolute atomic E-state index is 12.9. The molecule has 2 aliphatic heterocycles. The Morgan fingerprint density at radius 2 is 1.28 bits per heavy atom. The van der Waals surface area contributed by atoms with Crippen molar-refractivity contribution in [3.8, 4) is 21.1 Å². The Hall–Kier alpha value is -3.33. The zero-order valence-electron chi connectivity index (χ0n) is 38.0. The number of anilines is 2. The Kier molecular flexibility index (Phi) is 16.9. The van der Waals surface area contributed by atoms with Crippen LogP contribution >= 0.6 is 77.2 Å². The van der Waals surface area contributed by atoms with Gasteiger partial charge in [-0.15, -0.1) is 45.3 Å². The van der Waals surface area contributed by atoms with E-state index in [4.69, 9.17) is 14.7 Å². The highest BCUT2D eigenvalue weighted by atomic mass is 79.9. The predicted molar refractivity (Wildman–Crippen MR) is 279 cm³/mol. The minimum Gasteiger partial charge on any atom is -0.444 e. The van der Waals surface area contributed by atoms with Crippen LogP contribution in [0.1, 0.15) is 95.0 Å². The third-order valence-corrected chi connectivity index (χ3v) is 16.6. The molecule has 12 nitrogen and oxygen atoms in total. The van der Waals surface area contributed by atoms with Crippen molar-refractivity contribution in [3.63, 3.8) is 0 Å². The van der Waals surface area contributed by atoms with Crippen LogP contribution in [0.5, 0.6) is 0 Å². The summed E-state index contributed by atoms with van der Waals surface area (Å²) in [5, 5.41) is 20.2. The van der Waals surface area contributed by atoms with E-state index in [2.05, 4.69) is 104 Å². The molecule has 6 aromatic rings. The van der Waals surface area contributed by atoms with E-state index in [1.165, 1.54) is 21.8 Å². The molecule has 2 aromatic carbocycles. The van der Waals surface area contributed by atoms with Crippen LogP contribution in [0.2, 0.25) is 0 Å². The van der Waals surface area contributed by atoms with Crippen molar-refractivity contribution >= 4 is 126 Å². The predicted octanol–water partition coefficient (Wildman–Crippen LogP) is 11.9. The van der Waals surface area contributed by atoms with Gasteiger partial charge in [0.1, 0.15) is 25.6 Å². The molecular weight excluding hydrogens is 1030 g/mol. The van der Waals surface area contributed by atoms with Gasteiger partial charge in [-0.1, -0.05) is 45.7 Å². The molecule has 6 heterocycles. The highest BCUT2D eigenvalue weighted by Gasteiger charge is 2.32. The molecule has 8 rings (SSSR count). The fourth-order valence-electron chi connectivity index (χ4n) is 7.40. The number of thiophene rings is 2. The molecule has 0 aliphatic carbocycles. The van der Waals surface area contributed by atoms with Crippen molar-refractivity contribution in [2.45, 2.75) is 118 Å². The quantitative estimate of drug-likeness (QED) is 0.0718. The number of hydrogen-bond acceptors (Lipinski definition) is 13. The van der Waals surface area contributed by atoms with E-state index >= 15 is 0 Å². The lowest BCUT2D eigenvalue weighted by Crippen LogP contribution is -2.39. The van der Waals surface area contributed by atoms with E-state index in [9.17, 15) is 14.4 Å². The molecule has 0 saturated heterocycles. The van der Waals surface area contributed by atoms with Crippen LogP contribution < -0.4 is 26.6 Å². The van der Waals surface area contributed by atoms with Crippen molar-refractivity contribution in [1.29, 1.82) is 0 Å². The normalized spacial score (nSPS) is 14.6. The first-order valence-electron chi connectivity index (χ1n) is 22.3. The molecule has 348 valence electrons. The summed E-state index contributed by atoms with van der Waals surface area (Å²) in [5.74, 6) is 0.0240. The average Bonchev–Trinajstić information content (AvgIpc) is 4.04. The number of carbonyl (C=O) groups excluding carboxylic acids is 3. The number of nitrogens with one attached hydrogen (secondary N) is 5. The topological polar surface area (TPSA) is 150 Å². The van der Waals surface area contributed by atoms with Crippen molar-refractivity contribution in [1.82, 2.24) is 30.8 Å². The van der Waals surface area contributed by atoms with Gasteiger partial charge < -0.3 is 36.2 Å². The summed E-state index contributed by atoms with van der Waals surface area (Å²) in [6.07, 6.45) is 4.28. The van der Waals surface area contributed by atoms with Gasteiger partial charge in [-0.25, -0.2) is 14.8 Å². The van der Waals surface area contributed by atoms with E-state index in [1.807, 2.05) is 39.0 Å². The fraction of sp³-hybridized carbons (Fsp3) is 0.468. The summed E-state index contributed by atoms with van der Waals surface area (Å²) < 4.78 is 9.86. The highest BCUT2D eigenvalue weighted by molar-refractivity contribution is 9.10. The molecular formula is C47H58Br2N8O4S4. The average molecular weight is 1090 g/mol. The SMILES string of the molecule is CCC(C)NCCC(=O)Nc1sc2c(c1-c1nc3cc(Br)ccc3s1)CCN(C(=O)OC(C)(C)C)C2.CCC(C)NCCC(=O)Nc1sc2c(c1-c1nc3cc(Br)ccc3s1)CCNC2. The largest absolute Gasteiger partial charge is 0.444 e. The van der Waals surface area contributed by atoms with Crippen molar-refractivity contribution in [2.75, 3.05) is 36.8 Å². The van der Waals surface area contributed by atoms with Gasteiger partial charge in [0.25, 0.3) is 0 Å². The first kappa shape index (κ1) is 49.6. The van der Waals surface area contributed by atoms with Gasteiger partial charge in [0.2, 0.25) is 11.8 Å². The van der Waals surface area contributed by atoms with Crippen LogP contribution in [-0.4, -0.2) is 76.6 Å². The lowest BCUT2D eigenvalue weighted by molar-refractivity contribution is -0.116. The number of nitrogens with zero attached hydrogens (tertiary/aromatic N) is 3. The molecule has 0 fully saturated rings. The summed E-state index contributed by atoms with van der Waals surface area (Å²) in [6, 6.07) is 13.1. The number of rotatable bonds is 14. The number of hydrogen-bond donors (Lipinski definition) is 5. The Bertz CT molecular complexity index is 2650. The number of aromatic nitrogens is 2. The summed E-state index contributed by atoms with van der Waals surface area (Å²) >= 11 is 13.6. The van der Waals surface area contributed by atoms with E-state index in [0.717, 1.165) is 103 Å². The summed E-state index contributed by atoms with van der Waals surface area (Å²) in [7, 11) is 0. The minimum atomic E-state index is -0.546. The van der Waals surface area contributed by atoms with Crippen LogP contribution in [0.15, 0.2) is 45.3 Å². The number of amides is 3. The van der Waals surface area contributed by atoms with Gasteiger partial charge in [-0.2, -0.15) is 0 Å². The van der Waals surface area contributed by atoms with E-state index < -0.39 is 5.60 Å². The monoisotopic (exact) mass is 1080 g/mol. The number of halogens is 2. The molecule has 2 atom stereocenters. The Labute approximate surface area is 414 Å². The van der Waals surface area contributed by atoms with Gasteiger partial charge in [-0.05, 0) is 114 Å². The summed E-state index contributed by atoms with van der Waals surface area (Å²) in [6.45, 7) is 18.3. The van der Waals surface area contributed by atoms with Crippen molar-refractivity contribution in [2.24, 2.45) is 0 Å². The highest BCUT2D eigenvalue weighted by Crippen LogP contribution is 2.47. The molecule has 2 aliphatic rings. The number of carbonyl (C=O) groups is 3. The van der Waals surface area contributed by atoms with Gasteiger partial charge in [-0.3, -0.25) is 9.59 Å². The molecule has 18 heteroatoms. The van der Waals surface area contributed by atoms with Crippen LogP contribution in [0.25, 0.3) is 41.6 Å². The molecule has 4 aromatic heterocycles. The number of fused-ring (bicyclic) bond motifs is 4. The van der Waals surface area contributed by atoms with E-state index in [-0.39, 0.29) is 17.9 Å². The molecule has 65 heavy (non-hydrogen) atoms. The maximum atomic E-state index is 12.9. The van der Waals surface area contributed by atoms with Gasteiger partial charge in [0.05, 0.1) is 27.0 Å². The molecule has 0 saturated carbocycles. The van der Waals surface area contributed by atoms with Gasteiger partial charge in [0.15, 0.2) is 0 Å². The second-order valence-electron chi connectivity index (χ2n) is 17.4. The molecule has 5 N–H and O–H groups in total. The molecule has 0 bridgehead atoms. The zero-order valence-corrected chi connectivity index (χ0v) is 44.4. The van der Waals surface area contributed by atoms with Crippen LogP contribution in [-0.2, 0) is 40.3 Å².